The van der Waals surface area contributed by atoms with Crippen LogP contribution in [0.5, 0.6) is 0 Å². The van der Waals surface area contributed by atoms with Crippen LogP contribution in [0.2, 0.25) is 0 Å². The summed E-state index contributed by atoms with van der Waals surface area (Å²) in [5, 5.41) is 12.0. The summed E-state index contributed by atoms with van der Waals surface area (Å²) in [5.41, 5.74) is -0.536. The molecule has 0 fully saturated rings. The summed E-state index contributed by atoms with van der Waals surface area (Å²) in [4.78, 5) is 21.3. The predicted molar refractivity (Wildman–Crippen MR) is 47.1 cm³/mol. The van der Waals surface area contributed by atoms with Crippen LogP contribution in [-0.4, -0.2) is 17.2 Å². The van der Waals surface area contributed by atoms with E-state index >= 15 is 0 Å². The van der Waals surface area contributed by atoms with Crippen molar-refractivity contribution in [3.8, 4) is 0 Å². The van der Waals surface area contributed by atoms with Crippen molar-refractivity contribution in [2.75, 3.05) is 0 Å². The Hall–Kier alpha value is -1.91. The Morgan fingerprint density at radius 2 is 2.07 bits per heavy atom. The molecule has 0 aromatic carbocycles. The largest absolute Gasteiger partial charge is 0.509 e. The van der Waals surface area contributed by atoms with Crippen molar-refractivity contribution in [1.82, 2.24) is 0 Å². The van der Waals surface area contributed by atoms with Crippen LogP contribution in [0, 0.1) is 10.8 Å². The molecular weight excluding hydrogens is 186 g/mol. The molecule has 5 heteroatoms. The maximum atomic E-state index is 11.1. The van der Waals surface area contributed by atoms with E-state index < -0.39 is 23.7 Å². The Morgan fingerprint density at radius 1 is 1.36 bits per heavy atom. The SMILES string of the molecule is O=NC1=C(O)C2C=CC=CC2OC1=O. The highest BCUT2D eigenvalue weighted by Gasteiger charge is 2.37. The van der Waals surface area contributed by atoms with Gasteiger partial charge in [0.25, 0.3) is 0 Å². The van der Waals surface area contributed by atoms with Gasteiger partial charge in [0, 0.05) is 0 Å². The summed E-state index contributed by atoms with van der Waals surface area (Å²) in [5.74, 6) is -1.68. The van der Waals surface area contributed by atoms with E-state index in [9.17, 15) is 14.8 Å². The number of hydrogen-bond donors (Lipinski definition) is 1. The smallest absolute Gasteiger partial charge is 0.364 e. The molecule has 0 saturated carbocycles. The second-order valence-corrected chi connectivity index (χ2v) is 2.99. The Bertz CT molecular complexity index is 380. The second-order valence-electron chi connectivity index (χ2n) is 2.99. The fraction of sp³-hybridized carbons (Fsp3) is 0.222. The molecule has 5 nitrogen and oxygen atoms in total. The van der Waals surface area contributed by atoms with Crippen molar-refractivity contribution in [1.29, 1.82) is 0 Å². The number of allylic oxidation sites excluding steroid dienone is 2. The Balaban J connectivity index is 2.45. The van der Waals surface area contributed by atoms with Crippen LogP contribution in [0.1, 0.15) is 0 Å². The van der Waals surface area contributed by atoms with Crippen molar-refractivity contribution < 1.29 is 14.6 Å². The number of hydrogen-bond acceptors (Lipinski definition) is 5. The van der Waals surface area contributed by atoms with E-state index in [1.165, 1.54) is 0 Å². The third-order valence-corrected chi connectivity index (χ3v) is 2.17. The molecule has 1 aliphatic heterocycles. The van der Waals surface area contributed by atoms with Crippen molar-refractivity contribution >= 4 is 5.97 Å². The molecule has 0 spiro atoms. The Kier molecular flexibility index (Phi) is 1.92. The zero-order valence-corrected chi connectivity index (χ0v) is 7.08. The second kappa shape index (κ2) is 3.10. The molecule has 1 N–H and O–H groups in total. The summed E-state index contributed by atoms with van der Waals surface area (Å²) in [7, 11) is 0. The van der Waals surface area contributed by atoms with Gasteiger partial charge in [-0.25, -0.2) is 4.79 Å². The summed E-state index contributed by atoms with van der Waals surface area (Å²) in [6, 6.07) is 0. The predicted octanol–water partition coefficient (Wildman–Crippen LogP) is 1.19. The molecule has 0 amide bonds. The monoisotopic (exact) mass is 193 g/mol. The molecule has 2 rings (SSSR count). The zero-order valence-electron chi connectivity index (χ0n) is 7.08. The summed E-state index contributed by atoms with van der Waals surface area (Å²) in [6.07, 6.45) is 6.18. The van der Waals surface area contributed by atoms with Gasteiger partial charge in [-0.15, -0.1) is 4.91 Å². The maximum absolute atomic E-state index is 11.1. The van der Waals surface area contributed by atoms with Crippen molar-refractivity contribution in [2.24, 2.45) is 11.1 Å². The van der Waals surface area contributed by atoms with E-state index in [2.05, 4.69) is 5.18 Å². The van der Waals surface area contributed by atoms with Crippen LogP contribution < -0.4 is 0 Å². The molecule has 2 atom stereocenters. The fourth-order valence-electron chi connectivity index (χ4n) is 1.47. The number of carbonyl (C=O) groups is 1. The highest BCUT2D eigenvalue weighted by molar-refractivity contribution is 5.90. The van der Waals surface area contributed by atoms with E-state index in [1.807, 2.05) is 0 Å². The first-order chi connectivity index (χ1) is 6.74. The lowest BCUT2D eigenvalue weighted by atomic mass is 9.92. The van der Waals surface area contributed by atoms with Gasteiger partial charge in [0.1, 0.15) is 11.9 Å². The van der Waals surface area contributed by atoms with Gasteiger partial charge >= 0.3 is 5.97 Å². The van der Waals surface area contributed by atoms with Crippen LogP contribution in [0.15, 0.2) is 40.9 Å². The number of nitrogens with zero attached hydrogens (tertiary/aromatic N) is 1. The standard InChI is InChI=1S/C9H7NO4/c11-8-5-3-1-2-4-6(5)14-9(12)7(8)10-13/h1-6,11H. The van der Waals surface area contributed by atoms with Crippen molar-refractivity contribution in [3.05, 3.63) is 40.7 Å². The Morgan fingerprint density at radius 3 is 2.79 bits per heavy atom. The van der Waals surface area contributed by atoms with Gasteiger partial charge in [0.15, 0.2) is 0 Å². The molecule has 2 unspecified atom stereocenters. The topological polar surface area (TPSA) is 76.0 Å². The van der Waals surface area contributed by atoms with E-state index in [1.54, 1.807) is 24.3 Å². The lowest BCUT2D eigenvalue weighted by Crippen LogP contribution is -2.33. The number of aliphatic hydroxyl groups excluding tert-OH is 1. The Labute approximate surface area is 79.3 Å². The molecule has 0 aromatic heterocycles. The van der Waals surface area contributed by atoms with E-state index in [0.29, 0.717) is 0 Å². The van der Waals surface area contributed by atoms with Crippen LogP contribution >= 0.6 is 0 Å². The van der Waals surface area contributed by atoms with E-state index in [4.69, 9.17) is 4.74 Å². The average molecular weight is 193 g/mol. The van der Waals surface area contributed by atoms with Gasteiger partial charge in [-0.05, 0) is 11.3 Å². The highest BCUT2D eigenvalue weighted by atomic mass is 16.5. The van der Waals surface area contributed by atoms with Crippen molar-refractivity contribution in [2.45, 2.75) is 6.10 Å². The van der Waals surface area contributed by atoms with Crippen LogP contribution in [-0.2, 0) is 9.53 Å². The minimum absolute atomic E-state index is 0.318. The van der Waals surface area contributed by atoms with Gasteiger partial charge < -0.3 is 9.84 Å². The van der Waals surface area contributed by atoms with Gasteiger partial charge in [0.2, 0.25) is 5.70 Å². The average Bonchev–Trinajstić information content (AvgIpc) is 2.18. The lowest BCUT2D eigenvalue weighted by molar-refractivity contribution is -0.146. The number of ether oxygens (including phenoxy) is 1. The number of aliphatic hydroxyl groups is 1. The molecule has 0 aromatic rings. The molecule has 14 heavy (non-hydrogen) atoms. The fourth-order valence-corrected chi connectivity index (χ4v) is 1.47. The third kappa shape index (κ3) is 1.14. The van der Waals surface area contributed by atoms with E-state index in [-0.39, 0.29) is 5.76 Å². The minimum Gasteiger partial charge on any atom is -0.509 e. The molecule has 1 aliphatic carbocycles. The number of esters is 1. The summed E-state index contributed by atoms with van der Waals surface area (Å²) < 4.78 is 4.88. The highest BCUT2D eigenvalue weighted by Crippen LogP contribution is 2.30. The lowest BCUT2D eigenvalue weighted by Gasteiger charge is -2.27. The number of carbonyl (C=O) groups excluding carboxylic acids is 1. The van der Waals surface area contributed by atoms with Gasteiger partial charge in [-0.2, -0.15) is 0 Å². The number of rotatable bonds is 1. The van der Waals surface area contributed by atoms with Crippen LogP contribution in [0.4, 0.5) is 0 Å². The molecule has 0 bridgehead atoms. The minimum atomic E-state index is -0.876. The summed E-state index contributed by atoms with van der Waals surface area (Å²) in [6.45, 7) is 0. The molecule has 2 aliphatic rings. The van der Waals surface area contributed by atoms with Gasteiger partial charge in [-0.1, -0.05) is 18.2 Å². The third-order valence-electron chi connectivity index (χ3n) is 2.17. The molecule has 1 heterocycles. The number of fused-ring (bicyclic) bond motifs is 1. The molecule has 0 radical (unpaired) electrons. The zero-order chi connectivity index (χ0) is 10.1. The first kappa shape index (κ1) is 8.68. The van der Waals surface area contributed by atoms with Crippen LogP contribution in [0.3, 0.4) is 0 Å². The number of nitroso groups, excluding NO2 is 1. The summed E-state index contributed by atoms with van der Waals surface area (Å²) >= 11 is 0. The maximum Gasteiger partial charge on any atom is 0.364 e. The van der Waals surface area contributed by atoms with Gasteiger partial charge in [0.05, 0.1) is 5.92 Å². The quantitative estimate of drug-likeness (QED) is 0.501. The molecule has 0 saturated heterocycles. The van der Waals surface area contributed by atoms with Crippen LogP contribution in [0.25, 0.3) is 0 Å². The molecular formula is C9H7NO4. The van der Waals surface area contributed by atoms with Gasteiger partial charge in [-0.3, -0.25) is 0 Å². The normalized spacial score (nSPS) is 29.9. The first-order valence-electron chi connectivity index (χ1n) is 4.06. The first-order valence-corrected chi connectivity index (χ1v) is 4.06. The van der Waals surface area contributed by atoms with E-state index in [0.717, 1.165) is 0 Å². The molecule has 72 valence electrons. The van der Waals surface area contributed by atoms with Crippen molar-refractivity contribution in [3.63, 3.8) is 0 Å².